The van der Waals surface area contributed by atoms with Gasteiger partial charge in [0.1, 0.15) is 0 Å². The summed E-state index contributed by atoms with van der Waals surface area (Å²) in [5, 5.41) is 22.4. The van der Waals surface area contributed by atoms with E-state index in [1.165, 1.54) is 0 Å². The number of nitrogens with one attached hydrogen (secondary N) is 1. The normalized spacial score (nSPS) is 13.6. The Morgan fingerprint density at radius 3 is 2.03 bits per heavy atom. The molecule has 0 saturated heterocycles. The summed E-state index contributed by atoms with van der Waals surface area (Å²) in [6, 6.07) is 20.9. The molecule has 0 bridgehead atoms. The quantitative estimate of drug-likeness (QED) is 0.437. The average molecular weight is 440 g/mol. The lowest BCUT2D eigenvalue weighted by Gasteiger charge is -2.18. The largest absolute Gasteiger partial charge is 0.479 e. The summed E-state index contributed by atoms with van der Waals surface area (Å²) in [6.07, 6.45) is 0. The Kier molecular flexibility index (Phi) is 4.91. The number of aliphatic carboxylic acids is 1. The standard InChI is InChI=1S/C24H16N4O5/c29-22-17-12-6-7-13-18(17)23(30)28(22)33-21-16-11-5-4-10-15(16)20(26-27-21)25-19(24(31)32)14-8-2-1-3-9-14/h1-13,19H,(H,25,26)(H,31,32). The van der Waals surface area contributed by atoms with E-state index in [4.69, 9.17) is 4.84 Å². The lowest BCUT2D eigenvalue weighted by molar-refractivity contribution is -0.138. The molecule has 0 fully saturated rings. The van der Waals surface area contributed by atoms with Crippen molar-refractivity contribution in [3.63, 3.8) is 0 Å². The van der Waals surface area contributed by atoms with Crippen molar-refractivity contribution >= 4 is 34.4 Å². The Morgan fingerprint density at radius 2 is 1.39 bits per heavy atom. The highest BCUT2D eigenvalue weighted by atomic mass is 16.7. The summed E-state index contributed by atoms with van der Waals surface area (Å²) < 4.78 is 0. The van der Waals surface area contributed by atoms with Gasteiger partial charge in [0.25, 0.3) is 17.7 Å². The van der Waals surface area contributed by atoms with Crippen LogP contribution in [0.5, 0.6) is 5.88 Å². The number of imide groups is 1. The fourth-order valence-electron chi connectivity index (χ4n) is 3.66. The number of carboxylic acid groups (broad SMARTS) is 1. The molecule has 1 aliphatic heterocycles. The zero-order valence-electron chi connectivity index (χ0n) is 17.0. The van der Waals surface area contributed by atoms with E-state index in [9.17, 15) is 19.5 Å². The van der Waals surface area contributed by atoms with Crippen LogP contribution in [0.2, 0.25) is 0 Å². The van der Waals surface area contributed by atoms with Crippen LogP contribution in [-0.2, 0) is 4.79 Å². The van der Waals surface area contributed by atoms with Gasteiger partial charge in [-0.05, 0) is 23.8 Å². The van der Waals surface area contributed by atoms with Gasteiger partial charge in [-0.2, -0.15) is 0 Å². The van der Waals surface area contributed by atoms with E-state index in [2.05, 4.69) is 15.5 Å². The van der Waals surface area contributed by atoms with Crippen molar-refractivity contribution in [2.75, 3.05) is 5.32 Å². The predicted molar refractivity (Wildman–Crippen MR) is 118 cm³/mol. The third-order valence-electron chi connectivity index (χ3n) is 5.25. The van der Waals surface area contributed by atoms with Crippen LogP contribution in [0.3, 0.4) is 0 Å². The van der Waals surface area contributed by atoms with Crippen LogP contribution < -0.4 is 10.2 Å². The molecule has 1 unspecified atom stereocenters. The second-order valence-electron chi connectivity index (χ2n) is 7.27. The SMILES string of the molecule is O=C(O)C(Nc1nnc(ON2C(=O)c3ccccc3C2=O)c2ccccc12)c1ccccc1. The molecule has 9 nitrogen and oxygen atoms in total. The molecule has 0 radical (unpaired) electrons. The Morgan fingerprint density at radius 1 is 0.818 bits per heavy atom. The highest BCUT2D eigenvalue weighted by Crippen LogP contribution is 2.32. The highest BCUT2D eigenvalue weighted by Gasteiger charge is 2.38. The number of hydrogen-bond acceptors (Lipinski definition) is 7. The molecule has 2 N–H and O–H groups in total. The number of hydroxylamine groups is 2. The number of amides is 2. The molecule has 0 saturated carbocycles. The Balaban J connectivity index is 1.50. The van der Waals surface area contributed by atoms with Crippen molar-refractivity contribution < 1.29 is 24.3 Å². The minimum Gasteiger partial charge on any atom is -0.479 e. The second-order valence-corrected chi connectivity index (χ2v) is 7.27. The van der Waals surface area contributed by atoms with E-state index < -0.39 is 23.8 Å². The number of carboxylic acids is 1. The van der Waals surface area contributed by atoms with Gasteiger partial charge in [-0.25, -0.2) is 4.79 Å². The third-order valence-corrected chi connectivity index (χ3v) is 5.25. The van der Waals surface area contributed by atoms with Crippen molar-refractivity contribution in [1.82, 2.24) is 15.3 Å². The number of benzene rings is 3. The Hall–Kier alpha value is -4.79. The molecule has 2 heterocycles. The number of carbonyl (C=O) groups excluding carboxylic acids is 2. The van der Waals surface area contributed by atoms with Crippen LogP contribution in [-0.4, -0.2) is 38.2 Å². The van der Waals surface area contributed by atoms with Crippen molar-refractivity contribution in [2.24, 2.45) is 0 Å². The van der Waals surface area contributed by atoms with Gasteiger partial charge < -0.3 is 15.3 Å². The van der Waals surface area contributed by atoms with E-state index >= 15 is 0 Å². The minimum atomic E-state index is -1.08. The molecule has 162 valence electrons. The predicted octanol–water partition coefficient (Wildman–Crippen LogP) is 3.46. The van der Waals surface area contributed by atoms with Gasteiger partial charge in [0.2, 0.25) is 0 Å². The molecule has 3 aromatic carbocycles. The molecule has 1 atom stereocenters. The Bertz CT molecular complexity index is 1370. The first-order valence-electron chi connectivity index (χ1n) is 10.00. The lowest BCUT2D eigenvalue weighted by atomic mass is 10.1. The van der Waals surface area contributed by atoms with Crippen molar-refractivity contribution in [1.29, 1.82) is 0 Å². The zero-order valence-corrected chi connectivity index (χ0v) is 17.0. The van der Waals surface area contributed by atoms with E-state index in [0.29, 0.717) is 21.4 Å². The maximum absolute atomic E-state index is 12.6. The van der Waals surface area contributed by atoms with Gasteiger partial charge in [-0.3, -0.25) is 9.59 Å². The summed E-state index contributed by atoms with van der Waals surface area (Å²) in [7, 11) is 0. The number of fused-ring (bicyclic) bond motifs is 2. The summed E-state index contributed by atoms with van der Waals surface area (Å²) in [6.45, 7) is 0. The van der Waals surface area contributed by atoms with Crippen LogP contribution in [0.4, 0.5) is 5.82 Å². The fraction of sp³-hybridized carbons (Fsp3) is 0.0417. The molecular weight excluding hydrogens is 424 g/mol. The first-order chi connectivity index (χ1) is 16.0. The van der Waals surface area contributed by atoms with E-state index in [-0.39, 0.29) is 22.8 Å². The minimum absolute atomic E-state index is 0.0581. The van der Waals surface area contributed by atoms with Gasteiger partial charge >= 0.3 is 5.97 Å². The summed E-state index contributed by atoms with van der Waals surface area (Å²) in [5.41, 5.74) is 1.03. The van der Waals surface area contributed by atoms with Gasteiger partial charge in [0, 0.05) is 5.39 Å². The van der Waals surface area contributed by atoms with E-state index in [1.54, 1.807) is 78.9 Å². The molecule has 0 spiro atoms. The molecule has 33 heavy (non-hydrogen) atoms. The third kappa shape index (κ3) is 3.51. The number of nitrogens with zero attached hydrogens (tertiary/aromatic N) is 3. The number of carbonyl (C=O) groups is 3. The van der Waals surface area contributed by atoms with Crippen LogP contribution >= 0.6 is 0 Å². The molecule has 2 amide bonds. The smallest absolute Gasteiger partial charge is 0.330 e. The number of aromatic nitrogens is 2. The van der Waals surface area contributed by atoms with Crippen LogP contribution in [0, 0.1) is 0 Å². The fourth-order valence-corrected chi connectivity index (χ4v) is 3.66. The molecular formula is C24H16N4O5. The molecule has 0 aliphatic carbocycles. The maximum Gasteiger partial charge on any atom is 0.330 e. The molecule has 5 rings (SSSR count). The van der Waals surface area contributed by atoms with Gasteiger partial charge in [-0.1, -0.05) is 65.7 Å². The number of anilines is 1. The molecule has 1 aromatic heterocycles. The second kappa shape index (κ2) is 8.04. The van der Waals surface area contributed by atoms with Gasteiger partial charge in [-0.15, -0.1) is 10.2 Å². The maximum atomic E-state index is 12.6. The number of hydrogen-bond donors (Lipinski definition) is 2. The molecule has 9 heteroatoms. The number of rotatable bonds is 6. The highest BCUT2D eigenvalue weighted by molar-refractivity contribution is 6.20. The Labute approximate surface area is 187 Å². The average Bonchev–Trinajstić information content (AvgIpc) is 3.09. The van der Waals surface area contributed by atoms with E-state index in [0.717, 1.165) is 0 Å². The first-order valence-corrected chi connectivity index (χ1v) is 10.00. The molecule has 4 aromatic rings. The van der Waals surface area contributed by atoms with Gasteiger partial charge in [0.05, 0.1) is 16.5 Å². The van der Waals surface area contributed by atoms with Crippen molar-refractivity contribution in [3.8, 4) is 5.88 Å². The monoisotopic (exact) mass is 440 g/mol. The molecule has 1 aliphatic rings. The van der Waals surface area contributed by atoms with Crippen LogP contribution in [0.15, 0.2) is 78.9 Å². The topological polar surface area (TPSA) is 122 Å². The first kappa shape index (κ1) is 20.1. The van der Waals surface area contributed by atoms with E-state index in [1.807, 2.05) is 0 Å². The van der Waals surface area contributed by atoms with Crippen molar-refractivity contribution in [3.05, 3.63) is 95.6 Å². The lowest BCUT2D eigenvalue weighted by Crippen LogP contribution is -2.33. The van der Waals surface area contributed by atoms with Crippen LogP contribution in [0.25, 0.3) is 10.8 Å². The van der Waals surface area contributed by atoms with Gasteiger partial charge in [0.15, 0.2) is 11.9 Å². The van der Waals surface area contributed by atoms with Crippen molar-refractivity contribution in [2.45, 2.75) is 6.04 Å². The summed E-state index contributed by atoms with van der Waals surface area (Å²) >= 11 is 0. The summed E-state index contributed by atoms with van der Waals surface area (Å²) in [4.78, 5) is 42.8. The van der Waals surface area contributed by atoms with Crippen LogP contribution in [0.1, 0.15) is 32.3 Å². The zero-order chi connectivity index (χ0) is 22.9. The summed E-state index contributed by atoms with van der Waals surface area (Å²) in [5.74, 6) is -2.12.